The Labute approximate surface area is 176 Å². The Hall–Kier alpha value is -0.570. The molecule has 0 aliphatic carbocycles. The highest BCUT2D eigenvalue weighted by Gasteiger charge is 2.23. The van der Waals surface area contributed by atoms with Crippen LogP contribution in [-0.4, -0.2) is 29.6 Å². The summed E-state index contributed by atoms with van der Waals surface area (Å²) in [6.45, 7) is 8.50. The Kier molecular flexibility index (Phi) is 14.8. The highest BCUT2D eigenvalue weighted by Crippen LogP contribution is 2.17. The van der Waals surface area contributed by atoms with Gasteiger partial charge in [0.2, 0.25) is 5.91 Å². The van der Waals surface area contributed by atoms with E-state index in [1.54, 1.807) is 0 Å². The molecule has 3 heteroatoms. The number of nitrogens with one attached hydrogen (secondary N) is 1. The maximum absolute atomic E-state index is 11.7. The van der Waals surface area contributed by atoms with Crippen molar-refractivity contribution < 1.29 is 4.79 Å². The van der Waals surface area contributed by atoms with E-state index in [0.29, 0.717) is 5.91 Å². The van der Waals surface area contributed by atoms with E-state index in [4.69, 9.17) is 0 Å². The van der Waals surface area contributed by atoms with E-state index in [-0.39, 0.29) is 5.54 Å². The van der Waals surface area contributed by atoms with Crippen LogP contribution in [0.4, 0.5) is 0 Å². The molecule has 0 spiro atoms. The van der Waals surface area contributed by atoms with Crippen LogP contribution in [0.15, 0.2) is 0 Å². The molecule has 0 aromatic heterocycles. The first-order valence-electron chi connectivity index (χ1n) is 12.6. The zero-order valence-corrected chi connectivity index (χ0v) is 19.5. The normalized spacial score (nSPS) is 15.0. The van der Waals surface area contributed by atoms with Gasteiger partial charge in [-0.05, 0) is 26.7 Å². The summed E-state index contributed by atoms with van der Waals surface area (Å²) in [5.74, 6) is 0.315. The van der Waals surface area contributed by atoms with Crippen LogP contribution in [-0.2, 0) is 4.79 Å². The van der Waals surface area contributed by atoms with Crippen LogP contribution in [0.25, 0.3) is 0 Å². The van der Waals surface area contributed by atoms with Gasteiger partial charge in [0.25, 0.3) is 0 Å². The number of hydrogen-bond acceptors (Lipinski definition) is 2. The van der Waals surface area contributed by atoms with Gasteiger partial charge >= 0.3 is 0 Å². The third-order valence-electron chi connectivity index (χ3n) is 6.33. The first kappa shape index (κ1) is 25.5. The molecule has 1 saturated heterocycles. The molecule has 0 aromatic carbocycles. The topological polar surface area (TPSA) is 32.3 Å². The lowest BCUT2D eigenvalue weighted by atomic mass is 9.96. The Balaban J connectivity index is 1.82. The number of amides is 1. The molecule has 0 aromatic rings. The second-order valence-corrected chi connectivity index (χ2v) is 9.68. The first-order chi connectivity index (χ1) is 13.5. The SMILES string of the molecule is CCCCCCCCCCCCCCCCCC(C)(C)NCN1CCCC1=O. The highest BCUT2D eigenvalue weighted by atomic mass is 16.2. The molecule has 1 aliphatic rings. The molecule has 0 radical (unpaired) electrons. The maximum atomic E-state index is 11.7. The van der Waals surface area contributed by atoms with Gasteiger partial charge in [0.05, 0.1) is 6.67 Å². The van der Waals surface area contributed by atoms with Crippen molar-refractivity contribution in [3.63, 3.8) is 0 Å². The van der Waals surface area contributed by atoms with Crippen LogP contribution in [0.2, 0.25) is 0 Å². The minimum Gasteiger partial charge on any atom is -0.330 e. The summed E-state index contributed by atoms with van der Waals surface area (Å²) in [6.07, 6.45) is 24.2. The van der Waals surface area contributed by atoms with E-state index < -0.39 is 0 Å². The monoisotopic (exact) mass is 394 g/mol. The van der Waals surface area contributed by atoms with Crippen LogP contribution in [0.5, 0.6) is 0 Å². The van der Waals surface area contributed by atoms with Crippen LogP contribution in [0, 0.1) is 0 Å². The first-order valence-corrected chi connectivity index (χ1v) is 12.6. The molecule has 1 fully saturated rings. The Bertz CT molecular complexity index is 381. The van der Waals surface area contributed by atoms with E-state index >= 15 is 0 Å². The molecule has 0 saturated carbocycles. The smallest absolute Gasteiger partial charge is 0.223 e. The van der Waals surface area contributed by atoms with Crippen LogP contribution >= 0.6 is 0 Å². The molecule has 1 N–H and O–H groups in total. The van der Waals surface area contributed by atoms with E-state index in [0.717, 1.165) is 26.1 Å². The Morgan fingerprint density at radius 1 is 0.786 bits per heavy atom. The van der Waals surface area contributed by atoms with Crippen molar-refractivity contribution in [2.24, 2.45) is 0 Å². The van der Waals surface area contributed by atoms with Crippen molar-refractivity contribution in [3.05, 3.63) is 0 Å². The van der Waals surface area contributed by atoms with Gasteiger partial charge in [-0.3, -0.25) is 10.1 Å². The lowest BCUT2D eigenvalue weighted by molar-refractivity contribution is -0.128. The molecule has 0 atom stereocenters. The zero-order chi connectivity index (χ0) is 20.5. The average molecular weight is 395 g/mol. The third-order valence-corrected chi connectivity index (χ3v) is 6.33. The summed E-state index contributed by atoms with van der Waals surface area (Å²) in [7, 11) is 0. The molecule has 1 rings (SSSR count). The number of likely N-dealkylation sites (tertiary alicyclic amines) is 1. The van der Waals surface area contributed by atoms with Crippen LogP contribution < -0.4 is 5.32 Å². The minimum absolute atomic E-state index is 0.138. The van der Waals surface area contributed by atoms with Crippen molar-refractivity contribution >= 4 is 5.91 Å². The second kappa shape index (κ2) is 16.3. The Morgan fingerprint density at radius 2 is 1.25 bits per heavy atom. The summed E-state index contributed by atoms with van der Waals surface area (Å²) >= 11 is 0. The van der Waals surface area contributed by atoms with Gasteiger partial charge < -0.3 is 4.90 Å². The minimum atomic E-state index is 0.138. The van der Waals surface area contributed by atoms with E-state index in [2.05, 4.69) is 26.1 Å². The van der Waals surface area contributed by atoms with Crippen molar-refractivity contribution in [2.75, 3.05) is 13.2 Å². The number of rotatable bonds is 19. The Morgan fingerprint density at radius 3 is 1.68 bits per heavy atom. The van der Waals surface area contributed by atoms with E-state index in [9.17, 15) is 4.79 Å². The third kappa shape index (κ3) is 13.6. The fourth-order valence-electron chi connectivity index (χ4n) is 4.21. The average Bonchev–Trinajstić information content (AvgIpc) is 3.08. The quantitative estimate of drug-likeness (QED) is 0.235. The molecule has 166 valence electrons. The molecular formula is C25H50N2O. The van der Waals surface area contributed by atoms with Gasteiger partial charge in [-0.1, -0.05) is 103 Å². The number of carbonyl (C=O) groups excluding carboxylic acids is 1. The molecular weight excluding hydrogens is 344 g/mol. The zero-order valence-electron chi connectivity index (χ0n) is 19.5. The van der Waals surface area contributed by atoms with Gasteiger partial charge in [0.15, 0.2) is 0 Å². The van der Waals surface area contributed by atoms with Gasteiger partial charge in [-0.25, -0.2) is 0 Å². The van der Waals surface area contributed by atoms with Crippen molar-refractivity contribution in [1.82, 2.24) is 10.2 Å². The highest BCUT2D eigenvalue weighted by molar-refractivity contribution is 5.77. The lowest BCUT2D eigenvalue weighted by Crippen LogP contribution is -2.46. The van der Waals surface area contributed by atoms with Crippen LogP contribution in [0.3, 0.4) is 0 Å². The van der Waals surface area contributed by atoms with Gasteiger partial charge in [-0.15, -0.1) is 0 Å². The number of carbonyl (C=O) groups is 1. The summed E-state index contributed by atoms with van der Waals surface area (Å²) in [6, 6.07) is 0. The molecule has 0 bridgehead atoms. The van der Waals surface area contributed by atoms with Crippen molar-refractivity contribution in [3.8, 4) is 0 Å². The van der Waals surface area contributed by atoms with Gasteiger partial charge in [0.1, 0.15) is 0 Å². The van der Waals surface area contributed by atoms with Crippen molar-refractivity contribution in [1.29, 1.82) is 0 Å². The van der Waals surface area contributed by atoms with E-state index in [1.807, 2.05) is 4.90 Å². The summed E-state index contributed by atoms with van der Waals surface area (Å²) in [5, 5.41) is 3.59. The predicted octanol–water partition coefficient (Wildman–Crippen LogP) is 7.20. The summed E-state index contributed by atoms with van der Waals surface area (Å²) in [5.41, 5.74) is 0.138. The number of nitrogens with zero attached hydrogens (tertiary/aromatic N) is 1. The van der Waals surface area contributed by atoms with Gasteiger partial charge in [0, 0.05) is 18.5 Å². The summed E-state index contributed by atoms with van der Waals surface area (Å²) < 4.78 is 0. The molecule has 1 heterocycles. The van der Waals surface area contributed by atoms with E-state index in [1.165, 1.54) is 103 Å². The molecule has 0 unspecified atom stereocenters. The maximum Gasteiger partial charge on any atom is 0.223 e. The predicted molar refractivity (Wildman–Crippen MR) is 123 cm³/mol. The molecule has 28 heavy (non-hydrogen) atoms. The van der Waals surface area contributed by atoms with Crippen LogP contribution in [0.1, 0.15) is 136 Å². The van der Waals surface area contributed by atoms with Crippen molar-refractivity contribution in [2.45, 2.75) is 142 Å². The molecule has 1 amide bonds. The fraction of sp³-hybridized carbons (Fsp3) is 0.960. The lowest BCUT2D eigenvalue weighted by Gasteiger charge is -2.29. The molecule has 3 nitrogen and oxygen atoms in total. The number of unbranched alkanes of at least 4 members (excludes halogenated alkanes) is 14. The second-order valence-electron chi connectivity index (χ2n) is 9.68. The largest absolute Gasteiger partial charge is 0.330 e. The van der Waals surface area contributed by atoms with Gasteiger partial charge in [-0.2, -0.15) is 0 Å². The standard InChI is InChI=1S/C25H50N2O/c1-4-5-6-7-8-9-10-11-12-13-14-15-16-17-18-21-25(2,3)26-23-27-22-19-20-24(27)28/h26H,4-23H2,1-3H3. The fourth-order valence-corrected chi connectivity index (χ4v) is 4.21. The molecule has 1 aliphatic heterocycles. The summed E-state index contributed by atoms with van der Waals surface area (Å²) in [4.78, 5) is 13.7. The number of hydrogen-bond donors (Lipinski definition) is 1.